The average Bonchev–Trinajstić information content (AvgIpc) is 3.01. The van der Waals surface area contributed by atoms with Crippen LogP contribution in [0, 0.1) is 0 Å². The molecule has 1 heterocycles. The molecule has 0 saturated carbocycles. The number of hydrogen-bond acceptors (Lipinski definition) is 7. The van der Waals surface area contributed by atoms with Crippen LogP contribution in [0.1, 0.15) is 5.56 Å². The lowest BCUT2D eigenvalue weighted by Gasteiger charge is -2.36. The lowest BCUT2D eigenvalue weighted by molar-refractivity contribution is -0.130. The Balaban J connectivity index is 1.16. The molecule has 1 saturated heterocycles. The smallest absolute Gasteiger partial charge is 0.339 e. The Hall–Kier alpha value is -4.50. The van der Waals surface area contributed by atoms with Gasteiger partial charge in [-0.3, -0.25) is 4.79 Å². The van der Waals surface area contributed by atoms with Crippen LogP contribution in [0.15, 0.2) is 102 Å². The summed E-state index contributed by atoms with van der Waals surface area (Å²) in [7, 11) is -0.805. The maximum atomic E-state index is 12.9. The van der Waals surface area contributed by atoms with E-state index in [2.05, 4.69) is 4.90 Å². The summed E-state index contributed by atoms with van der Waals surface area (Å²) in [6.07, 6.45) is 0.267. The van der Waals surface area contributed by atoms with Gasteiger partial charge in [0.2, 0.25) is 5.91 Å². The molecule has 0 atom stereocenters. The Bertz CT molecular complexity index is 1560. The van der Waals surface area contributed by atoms with E-state index >= 15 is 0 Å². The van der Waals surface area contributed by atoms with Crippen molar-refractivity contribution in [1.29, 1.82) is 0 Å². The SMILES string of the molecule is COc1cc(CC(=O)N2CCN(c3ccc(OS(=O)(=O)c4ccc(-c5ccccc5)cc4)cc3)CC2)cc(OC)c1. The molecule has 4 aromatic rings. The molecule has 8 nitrogen and oxygen atoms in total. The Labute approximate surface area is 240 Å². The monoisotopic (exact) mass is 572 g/mol. The van der Waals surface area contributed by atoms with Gasteiger partial charge in [-0.1, -0.05) is 42.5 Å². The number of methoxy groups -OCH3 is 2. The molecule has 212 valence electrons. The van der Waals surface area contributed by atoms with Gasteiger partial charge in [-0.05, 0) is 65.2 Å². The summed E-state index contributed by atoms with van der Waals surface area (Å²) in [4.78, 5) is 17.1. The molecule has 1 fully saturated rings. The first-order chi connectivity index (χ1) is 19.8. The van der Waals surface area contributed by atoms with Crippen molar-refractivity contribution in [2.45, 2.75) is 11.3 Å². The fourth-order valence-corrected chi connectivity index (χ4v) is 5.73. The van der Waals surface area contributed by atoms with Gasteiger partial charge in [0.25, 0.3) is 0 Å². The zero-order valence-corrected chi connectivity index (χ0v) is 23.8. The summed E-state index contributed by atoms with van der Waals surface area (Å²) >= 11 is 0. The molecule has 0 bridgehead atoms. The summed E-state index contributed by atoms with van der Waals surface area (Å²) < 4.78 is 41.7. The third-order valence-corrected chi connectivity index (χ3v) is 8.32. The first kappa shape index (κ1) is 28.0. The lowest BCUT2D eigenvalue weighted by atomic mass is 10.1. The molecule has 5 rings (SSSR count). The summed E-state index contributed by atoms with van der Waals surface area (Å²) in [6, 6.07) is 28.9. The zero-order chi connectivity index (χ0) is 28.8. The predicted molar refractivity (Wildman–Crippen MR) is 158 cm³/mol. The van der Waals surface area contributed by atoms with Gasteiger partial charge in [-0.15, -0.1) is 0 Å². The fraction of sp³-hybridized carbons (Fsp3) is 0.219. The van der Waals surface area contributed by atoms with Crippen molar-refractivity contribution in [3.05, 3.63) is 103 Å². The zero-order valence-electron chi connectivity index (χ0n) is 23.0. The van der Waals surface area contributed by atoms with Gasteiger partial charge in [-0.2, -0.15) is 8.42 Å². The number of hydrogen-bond donors (Lipinski definition) is 0. The van der Waals surface area contributed by atoms with Crippen molar-refractivity contribution in [3.63, 3.8) is 0 Å². The van der Waals surface area contributed by atoms with E-state index in [9.17, 15) is 13.2 Å². The molecular formula is C32H32N2O6S. The number of piperazine rings is 1. The standard InChI is InChI=1S/C32H32N2O6S/c1-38-29-20-24(21-30(23-29)39-2)22-32(35)34-18-16-33(17-19-34)27-10-12-28(13-11-27)40-41(36,37)31-14-8-26(9-15-31)25-6-4-3-5-7-25/h3-15,20-21,23H,16-19,22H2,1-2H3. The van der Waals surface area contributed by atoms with Crippen molar-refractivity contribution in [2.75, 3.05) is 45.3 Å². The molecule has 9 heteroatoms. The predicted octanol–water partition coefficient (Wildman–Crippen LogP) is 5.03. The molecule has 0 aliphatic carbocycles. The third kappa shape index (κ3) is 6.81. The van der Waals surface area contributed by atoms with Gasteiger partial charge in [0.05, 0.1) is 20.6 Å². The second-order valence-electron chi connectivity index (χ2n) is 9.69. The van der Waals surface area contributed by atoms with Crippen molar-refractivity contribution in [1.82, 2.24) is 4.90 Å². The topological polar surface area (TPSA) is 85.4 Å². The van der Waals surface area contributed by atoms with E-state index in [4.69, 9.17) is 13.7 Å². The summed E-state index contributed by atoms with van der Waals surface area (Å²) in [5.41, 5.74) is 3.71. The van der Waals surface area contributed by atoms with Crippen LogP contribution in [0.25, 0.3) is 11.1 Å². The molecule has 0 unspecified atom stereocenters. The van der Waals surface area contributed by atoms with E-state index < -0.39 is 10.1 Å². The van der Waals surface area contributed by atoms with E-state index in [1.165, 1.54) is 0 Å². The van der Waals surface area contributed by atoms with E-state index in [1.807, 2.05) is 59.5 Å². The molecule has 4 aromatic carbocycles. The van der Waals surface area contributed by atoms with Gasteiger partial charge in [0, 0.05) is 37.9 Å². The van der Waals surface area contributed by atoms with Crippen molar-refractivity contribution < 1.29 is 26.9 Å². The molecule has 1 amide bonds. The Morgan fingerprint density at radius 2 is 1.29 bits per heavy atom. The van der Waals surface area contributed by atoms with Crippen LogP contribution in [0.5, 0.6) is 17.2 Å². The van der Waals surface area contributed by atoms with E-state index in [0.717, 1.165) is 22.4 Å². The van der Waals surface area contributed by atoms with Crippen LogP contribution in [0.4, 0.5) is 5.69 Å². The number of anilines is 1. The second-order valence-corrected chi connectivity index (χ2v) is 11.2. The number of rotatable bonds is 9. The highest BCUT2D eigenvalue weighted by Gasteiger charge is 2.22. The average molecular weight is 573 g/mol. The minimum atomic E-state index is -3.98. The maximum Gasteiger partial charge on any atom is 0.339 e. The number of benzene rings is 4. The largest absolute Gasteiger partial charge is 0.497 e. The van der Waals surface area contributed by atoms with Crippen LogP contribution in [-0.4, -0.2) is 59.6 Å². The highest BCUT2D eigenvalue weighted by molar-refractivity contribution is 7.87. The molecule has 41 heavy (non-hydrogen) atoms. The molecular weight excluding hydrogens is 540 g/mol. The highest BCUT2D eigenvalue weighted by Crippen LogP contribution is 2.27. The van der Waals surface area contributed by atoms with E-state index in [-0.39, 0.29) is 23.0 Å². The Morgan fingerprint density at radius 1 is 0.707 bits per heavy atom. The summed E-state index contributed by atoms with van der Waals surface area (Å²) in [5, 5.41) is 0. The van der Waals surface area contributed by atoms with Gasteiger partial charge < -0.3 is 23.5 Å². The fourth-order valence-electron chi connectivity index (χ4n) is 4.80. The van der Waals surface area contributed by atoms with Crippen molar-refractivity contribution in [2.24, 2.45) is 0 Å². The first-order valence-corrected chi connectivity index (χ1v) is 14.7. The quantitative estimate of drug-likeness (QED) is 0.260. The van der Waals surface area contributed by atoms with Crippen LogP contribution in [0.3, 0.4) is 0 Å². The van der Waals surface area contributed by atoms with Crippen molar-refractivity contribution >= 4 is 21.7 Å². The number of nitrogens with zero attached hydrogens (tertiary/aromatic N) is 2. The van der Waals surface area contributed by atoms with Crippen molar-refractivity contribution in [3.8, 4) is 28.4 Å². The normalized spacial score (nSPS) is 13.5. The van der Waals surface area contributed by atoms with E-state index in [0.29, 0.717) is 37.7 Å². The van der Waals surface area contributed by atoms with E-state index in [1.54, 1.807) is 56.7 Å². The molecule has 1 aliphatic heterocycles. The van der Waals surface area contributed by atoms with Crippen LogP contribution < -0.4 is 18.6 Å². The number of carbonyl (C=O) groups is 1. The molecule has 0 radical (unpaired) electrons. The Kier molecular flexibility index (Phi) is 8.45. The minimum absolute atomic E-state index is 0.0470. The van der Waals surface area contributed by atoms with Gasteiger partial charge in [0.15, 0.2) is 0 Å². The molecule has 0 aromatic heterocycles. The maximum absolute atomic E-state index is 12.9. The molecule has 1 aliphatic rings. The third-order valence-electron chi connectivity index (χ3n) is 7.06. The highest BCUT2D eigenvalue weighted by atomic mass is 32.2. The number of amides is 1. The number of carbonyl (C=O) groups excluding carboxylic acids is 1. The molecule has 0 spiro atoms. The second kappa shape index (κ2) is 12.3. The Morgan fingerprint density at radius 3 is 1.88 bits per heavy atom. The minimum Gasteiger partial charge on any atom is -0.497 e. The molecule has 0 N–H and O–H groups in total. The summed E-state index contributed by atoms with van der Waals surface area (Å²) in [6.45, 7) is 2.51. The van der Waals surface area contributed by atoms with Gasteiger partial charge in [0.1, 0.15) is 22.1 Å². The van der Waals surface area contributed by atoms with Gasteiger partial charge >= 0.3 is 10.1 Å². The first-order valence-electron chi connectivity index (χ1n) is 13.3. The van der Waals surface area contributed by atoms with Gasteiger partial charge in [-0.25, -0.2) is 0 Å². The number of ether oxygens (including phenoxy) is 2. The van der Waals surface area contributed by atoms with Crippen LogP contribution in [0.2, 0.25) is 0 Å². The summed E-state index contributed by atoms with van der Waals surface area (Å²) in [5.74, 6) is 1.59. The lowest BCUT2D eigenvalue weighted by Crippen LogP contribution is -2.49. The van der Waals surface area contributed by atoms with Crippen LogP contribution in [-0.2, 0) is 21.3 Å². The van der Waals surface area contributed by atoms with Crippen LogP contribution >= 0.6 is 0 Å².